The molecule has 1 fully saturated rings. The third-order valence-electron chi connectivity index (χ3n) is 2.80. The molecule has 0 aromatic rings. The molecule has 5 nitrogen and oxygen atoms in total. The lowest BCUT2D eigenvalue weighted by molar-refractivity contribution is -0.145. The molecule has 1 unspecified atom stereocenters. The lowest BCUT2D eigenvalue weighted by atomic mass is 10.0. The van der Waals surface area contributed by atoms with Gasteiger partial charge in [0.2, 0.25) is 11.8 Å². The predicted molar refractivity (Wildman–Crippen MR) is 58.2 cm³/mol. The third kappa shape index (κ3) is 2.72. The van der Waals surface area contributed by atoms with Crippen molar-refractivity contribution in [3.05, 3.63) is 0 Å². The van der Waals surface area contributed by atoms with Crippen LogP contribution in [0.25, 0.3) is 0 Å². The van der Waals surface area contributed by atoms with Gasteiger partial charge in [-0.05, 0) is 6.42 Å². The maximum absolute atomic E-state index is 11.9. The third-order valence-corrected chi connectivity index (χ3v) is 2.80. The highest BCUT2D eigenvalue weighted by atomic mass is 16.2. The molecule has 16 heavy (non-hydrogen) atoms. The van der Waals surface area contributed by atoms with Gasteiger partial charge in [0.15, 0.2) is 0 Å². The first-order valence-corrected chi connectivity index (χ1v) is 5.52. The van der Waals surface area contributed by atoms with E-state index in [4.69, 9.17) is 5.26 Å². The summed E-state index contributed by atoms with van der Waals surface area (Å²) in [6.45, 7) is 3.13. The molecule has 1 aliphatic rings. The van der Waals surface area contributed by atoms with Crippen LogP contribution < -0.4 is 0 Å². The molecular weight excluding hydrogens is 206 g/mol. The summed E-state index contributed by atoms with van der Waals surface area (Å²) in [4.78, 5) is 26.4. The first-order valence-electron chi connectivity index (χ1n) is 5.52. The molecule has 0 saturated carbocycles. The van der Waals surface area contributed by atoms with Crippen molar-refractivity contribution in [2.24, 2.45) is 5.92 Å². The first-order chi connectivity index (χ1) is 7.60. The molecule has 0 bridgehead atoms. The number of likely N-dealkylation sites (N-methyl/N-ethyl adjacent to an activating group) is 1. The fourth-order valence-corrected chi connectivity index (χ4v) is 1.70. The van der Waals surface area contributed by atoms with Crippen molar-refractivity contribution < 1.29 is 9.59 Å². The highest BCUT2D eigenvalue weighted by Gasteiger charge is 2.29. The number of carbonyl (C=O) groups is 2. The first kappa shape index (κ1) is 12.5. The summed E-state index contributed by atoms with van der Waals surface area (Å²) in [5.74, 6) is -0.861. The van der Waals surface area contributed by atoms with Crippen molar-refractivity contribution in [2.45, 2.75) is 19.8 Å². The van der Waals surface area contributed by atoms with Gasteiger partial charge in [-0.25, -0.2) is 0 Å². The van der Waals surface area contributed by atoms with Gasteiger partial charge >= 0.3 is 0 Å². The number of hydrogen-bond acceptors (Lipinski definition) is 3. The molecule has 1 heterocycles. The van der Waals surface area contributed by atoms with Gasteiger partial charge in [0.1, 0.15) is 5.92 Å². The van der Waals surface area contributed by atoms with E-state index in [9.17, 15) is 9.59 Å². The van der Waals surface area contributed by atoms with E-state index in [0.29, 0.717) is 19.5 Å². The van der Waals surface area contributed by atoms with Gasteiger partial charge in [-0.2, -0.15) is 5.26 Å². The quantitative estimate of drug-likeness (QED) is 0.687. The zero-order valence-electron chi connectivity index (χ0n) is 9.77. The SMILES string of the molecule is CCCC(C#N)C(=O)N1CCN(C)C(=O)C1. The predicted octanol–water partition coefficient (Wildman–Crippen LogP) is 0.227. The number of piperazine rings is 1. The van der Waals surface area contributed by atoms with Gasteiger partial charge in [0.25, 0.3) is 0 Å². The molecule has 0 spiro atoms. The minimum atomic E-state index is -0.596. The van der Waals surface area contributed by atoms with Crippen LogP contribution in [0.5, 0.6) is 0 Å². The van der Waals surface area contributed by atoms with E-state index in [-0.39, 0.29) is 18.4 Å². The molecule has 0 aromatic carbocycles. The Morgan fingerprint density at radius 2 is 2.25 bits per heavy atom. The normalized spacial score (nSPS) is 18.2. The molecule has 1 saturated heterocycles. The van der Waals surface area contributed by atoms with E-state index in [2.05, 4.69) is 0 Å². The second kappa shape index (κ2) is 5.50. The van der Waals surface area contributed by atoms with E-state index < -0.39 is 5.92 Å². The molecule has 1 rings (SSSR count). The molecule has 1 aliphatic heterocycles. The Balaban J connectivity index is 2.61. The zero-order chi connectivity index (χ0) is 12.1. The topological polar surface area (TPSA) is 64.4 Å². The van der Waals surface area contributed by atoms with Crippen molar-refractivity contribution in [1.29, 1.82) is 5.26 Å². The van der Waals surface area contributed by atoms with Crippen LogP contribution >= 0.6 is 0 Å². The van der Waals surface area contributed by atoms with E-state index in [1.807, 2.05) is 13.0 Å². The van der Waals surface area contributed by atoms with Gasteiger partial charge in [-0.3, -0.25) is 9.59 Å². The molecule has 88 valence electrons. The van der Waals surface area contributed by atoms with Crippen LogP contribution in [0.3, 0.4) is 0 Å². The largest absolute Gasteiger partial charge is 0.342 e. The number of nitrogens with zero attached hydrogens (tertiary/aromatic N) is 3. The van der Waals surface area contributed by atoms with Crippen LogP contribution in [0.2, 0.25) is 0 Å². The van der Waals surface area contributed by atoms with Crippen LogP contribution in [-0.4, -0.2) is 48.3 Å². The summed E-state index contributed by atoms with van der Waals surface area (Å²) in [6, 6.07) is 2.01. The van der Waals surface area contributed by atoms with Crippen molar-refractivity contribution in [1.82, 2.24) is 9.80 Å². The smallest absolute Gasteiger partial charge is 0.241 e. The standard InChI is InChI=1S/C11H17N3O2/c1-3-4-9(7-12)11(16)14-6-5-13(2)10(15)8-14/h9H,3-6,8H2,1-2H3. The van der Waals surface area contributed by atoms with Crippen molar-refractivity contribution in [3.63, 3.8) is 0 Å². The van der Waals surface area contributed by atoms with E-state index in [1.165, 1.54) is 4.90 Å². The Labute approximate surface area is 95.6 Å². The monoisotopic (exact) mass is 223 g/mol. The van der Waals surface area contributed by atoms with E-state index in [1.54, 1.807) is 11.9 Å². The van der Waals surface area contributed by atoms with Crippen molar-refractivity contribution in [2.75, 3.05) is 26.7 Å². The van der Waals surface area contributed by atoms with Crippen molar-refractivity contribution in [3.8, 4) is 6.07 Å². The van der Waals surface area contributed by atoms with E-state index >= 15 is 0 Å². The average molecular weight is 223 g/mol. The molecular formula is C11H17N3O2. The van der Waals surface area contributed by atoms with Gasteiger partial charge in [-0.15, -0.1) is 0 Å². The van der Waals surface area contributed by atoms with Crippen LogP contribution in [-0.2, 0) is 9.59 Å². The molecule has 5 heteroatoms. The van der Waals surface area contributed by atoms with Crippen LogP contribution in [0.15, 0.2) is 0 Å². The van der Waals surface area contributed by atoms with Crippen LogP contribution in [0, 0.1) is 17.2 Å². The van der Waals surface area contributed by atoms with Gasteiger partial charge < -0.3 is 9.80 Å². The van der Waals surface area contributed by atoms with Crippen LogP contribution in [0.1, 0.15) is 19.8 Å². The van der Waals surface area contributed by atoms with Gasteiger partial charge in [0.05, 0.1) is 12.6 Å². The van der Waals surface area contributed by atoms with Crippen molar-refractivity contribution >= 4 is 11.8 Å². The number of amides is 2. The Morgan fingerprint density at radius 1 is 1.56 bits per heavy atom. The Morgan fingerprint density at radius 3 is 2.75 bits per heavy atom. The second-order valence-corrected chi connectivity index (χ2v) is 4.05. The molecule has 0 aliphatic carbocycles. The fraction of sp³-hybridized carbons (Fsp3) is 0.727. The summed E-state index contributed by atoms with van der Waals surface area (Å²) in [5, 5.41) is 8.88. The maximum Gasteiger partial charge on any atom is 0.241 e. The van der Waals surface area contributed by atoms with Crippen LogP contribution in [0.4, 0.5) is 0 Å². The molecule has 0 radical (unpaired) electrons. The minimum Gasteiger partial charge on any atom is -0.342 e. The number of hydrogen-bond donors (Lipinski definition) is 0. The Kier molecular flexibility index (Phi) is 4.29. The summed E-state index contributed by atoms with van der Waals surface area (Å²) in [6.07, 6.45) is 1.36. The lowest BCUT2D eigenvalue weighted by Crippen LogP contribution is -2.52. The summed E-state index contributed by atoms with van der Waals surface area (Å²) >= 11 is 0. The molecule has 0 N–H and O–H groups in total. The number of carbonyl (C=O) groups excluding carboxylic acids is 2. The average Bonchev–Trinajstić information content (AvgIpc) is 2.28. The highest BCUT2D eigenvalue weighted by Crippen LogP contribution is 2.11. The Bertz CT molecular complexity index is 322. The maximum atomic E-state index is 11.9. The fourth-order valence-electron chi connectivity index (χ4n) is 1.70. The Hall–Kier alpha value is -1.57. The summed E-state index contributed by atoms with van der Waals surface area (Å²) in [5.41, 5.74) is 0. The number of rotatable bonds is 3. The van der Waals surface area contributed by atoms with E-state index in [0.717, 1.165) is 6.42 Å². The molecule has 1 atom stereocenters. The summed E-state index contributed by atoms with van der Waals surface area (Å²) < 4.78 is 0. The van der Waals surface area contributed by atoms with Gasteiger partial charge in [-0.1, -0.05) is 13.3 Å². The highest BCUT2D eigenvalue weighted by molar-refractivity contribution is 5.88. The zero-order valence-corrected chi connectivity index (χ0v) is 9.77. The second-order valence-electron chi connectivity index (χ2n) is 4.05. The molecule has 0 aromatic heterocycles. The minimum absolute atomic E-state index is 0.0622. The van der Waals surface area contributed by atoms with Gasteiger partial charge in [0, 0.05) is 20.1 Å². The summed E-state index contributed by atoms with van der Waals surface area (Å²) in [7, 11) is 1.72. The molecule has 2 amide bonds. The number of nitriles is 1. The lowest BCUT2D eigenvalue weighted by Gasteiger charge is -2.32.